The van der Waals surface area contributed by atoms with E-state index in [0.29, 0.717) is 23.2 Å². The zero-order valence-electron chi connectivity index (χ0n) is 16.4. The molecule has 0 radical (unpaired) electrons. The van der Waals surface area contributed by atoms with Crippen LogP contribution in [0.4, 0.5) is 5.13 Å². The highest BCUT2D eigenvalue weighted by Crippen LogP contribution is 2.31. The summed E-state index contributed by atoms with van der Waals surface area (Å²) in [6, 6.07) is 10.2. The van der Waals surface area contributed by atoms with Gasteiger partial charge in [-0.15, -0.1) is 11.8 Å². The molecule has 0 aliphatic rings. The number of aryl methyl sites for hydroxylation is 1. The zero-order valence-corrected chi connectivity index (χ0v) is 18.0. The van der Waals surface area contributed by atoms with Gasteiger partial charge in [0.25, 0.3) is 0 Å². The SMILES string of the molecule is CC(C)(C)c1cnc(CSc2cnc(NC(=O)CCCc3ccccc3)s2)o1. The molecule has 0 atom stereocenters. The predicted octanol–water partition coefficient (Wildman–Crippen LogP) is 5.68. The molecule has 1 amide bonds. The summed E-state index contributed by atoms with van der Waals surface area (Å²) < 4.78 is 6.83. The summed E-state index contributed by atoms with van der Waals surface area (Å²) in [4.78, 5) is 20.7. The number of amides is 1. The lowest BCUT2D eigenvalue weighted by molar-refractivity contribution is -0.116. The lowest BCUT2D eigenvalue weighted by atomic mass is 9.94. The second-order valence-corrected chi connectivity index (χ2v) is 9.83. The van der Waals surface area contributed by atoms with E-state index in [-0.39, 0.29) is 11.3 Å². The molecular formula is C21H25N3O2S2. The number of aromatic nitrogens is 2. The van der Waals surface area contributed by atoms with Gasteiger partial charge in [-0.2, -0.15) is 0 Å². The average molecular weight is 416 g/mol. The summed E-state index contributed by atoms with van der Waals surface area (Å²) in [5, 5.41) is 3.52. The summed E-state index contributed by atoms with van der Waals surface area (Å²) in [5.41, 5.74) is 1.21. The third-order valence-electron chi connectivity index (χ3n) is 4.07. The van der Waals surface area contributed by atoms with Crippen molar-refractivity contribution in [3.8, 4) is 0 Å². The second kappa shape index (κ2) is 9.39. The van der Waals surface area contributed by atoms with Gasteiger partial charge in [0, 0.05) is 11.8 Å². The molecule has 0 bridgehead atoms. The van der Waals surface area contributed by atoms with Crippen molar-refractivity contribution in [3.63, 3.8) is 0 Å². The highest BCUT2D eigenvalue weighted by atomic mass is 32.2. The van der Waals surface area contributed by atoms with Crippen LogP contribution < -0.4 is 5.32 Å². The van der Waals surface area contributed by atoms with Crippen LogP contribution in [0.2, 0.25) is 0 Å². The molecule has 1 aromatic carbocycles. The Morgan fingerprint density at radius 1 is 1.18 bits per heavy atom. The van der Waals surface area contributed by atoms with Crippen LogP contribution >= 0.6 is 23.1 Å². The summed E-state index contributed by atoms with van der Waals surface area (Å²) in [6.45, 7) is 6.30. The maximum Gasteiger partial charge on any atom is 0.226 e. The van der Waals surface area contributed by atoms with Crippen molar-refractivity contribution in [2.24, 2.45) is 0 Å². The molecule has 0 aliphatic heterocycles. The maximum absolute atomic E-state index is 12.1. The molecule has 3 rings (SSSR count). The van der Waals surface area contributed by atoms with Crippen LogP contribution in [-0.4, -0.2) is 15.9 Å². The molecular weight excluding hydrogens is 390 g/mol. The number of nitrogens with zero attached hydrogens (tertiary/aromatic N) is 2. The lowest BCUT2D eigenvalue weighted by Gasteiger charge is -2.12. The maximum atomic E-state index is 12.1. The third kappa shape index (κ3) is 6.21. The zero-order chi connectivity index (χ0) is 20.0. The van der Waals surface area contributed by atoms with E-state index < -0.39 is 0 Å². The molecule has 2 aromatic heterocycles. The minimum atomic E-state index is -0.0433. The summed E-state index contributed by atoms with van der Waals surface area (Å²) in [5.74, 6) is 2.23. The Bertz CT molecular complexity index is 898. The van der Waals surface area contributed by atoms with E-state index in [1.165, 1.54) is 16.9 Å². The molecule has 0 spiro atoms. The fourth-order valence-electron chi connectivity index (χ4n) is 2.52. The molecule has 2 heterocycles. The van der Waals surface area contributed by atoms with Crippen LogP contribution in [0.5, 0.6) is 0 Å². The monoisotopic (exact) mass is 415 g/mol. The Hall–Kier alpha value is -2.12. The fraction of sp³-hybridized carbons (Fsp3) is 0.381. The number of thioether (sulfide) groups is 1. The quantitative estimate of drug-likeness (QED) is 0.479. The smallest absolute Gasteiger partial charge is 0.226 e. The van der Waals surface area contributed by atoms with E-state index in [2.05, 4.69) is 48.2 Å². The predicted molar refractivity (Wildman–Crippen MR) is 115 cm³/mol. The molecule has 3 aromatic rings. The van der Waals surface area contributed by atoms with Crippen molar-refractivity contribution >= 4 is 34.1 Å². The van der Waals surface area contributed by atoms with Crippen LogP contribution in [0.1, 0.15) is 50.8 Å². The van der Waals surface area contributed by atoms with E-state index in [0.717, 1.165) is 22.8 Å². The van der Waals surface area contributed by atoms with Gasteiger partial charge in [0.1, 0.15) is 5.76 Å². The number of hydrogen-bond acceptors (Lipinski definition) is 6. The minimum Gasteiger partial charge on any atom is -0.444 e. The highest BCUT2D eigenvalue weighted by Gasteiger charge is 2.19. The summed E-state index contributed by atoms with van der Waals surface area (Å²) in [7, 11) is 0. The van der Waals surface area contributed by atoms with Crippen molar-refractivity contribution < 1.29 is 9.21 Å². The van der Waals surface area contributed by atoms with Crippen LogP contribution in [-0.2, 0) is 22.4 Å². The Kier molecular flexibility index (Phi) is 6.91. The first-order valence-corrected chi connectivity index (χ1v) is 11.1. The first-order valence-electron chi connectivity index (χ1n) is 9.28. The number of benzene rings is 1. The Labute approximate surface area is 174 Å². The average Bonchev–Trinajstić information content (AvgIpc) is 3.30. The van der Waals surface area contributed by atoms with Gasteiger partial charge in [0.2, 0.25) is 11.8 Å². The number of carbonyl (C=O) groups is 1. The van der Waals surface area contributed by atoms with E-state index in [4.69, 9.17) is 4.42 Å². The van der Waals surface area contributed by atoms with Gasteiger partial charge in [0.05, 0.1) is 22.4 Å². The van der Waals surface area contributed by atoms with Gasteiger partial charge in [-0.05, 0) is 18.4 Å². The molecule has 0 unspecified atom stereocenters. The van der Waals surface area contributed by atoms with E-state index >= 15 is 0 Å². The number of nitrogens with one attached hydrogen (secondary N) is 1. The van der Waals surface area contributed by atoms with Gasteiger partial charge in [-0.1, -0.05) is 62.4 Å². The molecule has 0 fully saturated rings. The first-order chi connectivity index (χ1) is 13.4. The molecule has 7 heteroatoms. The molecule has 0 saturated heterocycles. The molecule has 1 N–H and O–H groups in total. The van der Waals surface area contributed by atoms with E-state index in [1.807, 2.05) is 18.2 Å². The third-order valence-corrected chi connectivity index (χ3v) is 6.17. The number of hydrogen-bond donors (Lipinski definition) is 1. The Morgan fingerprint density at radius 3 is 2.68 bits per heavy atom. The lowest BCUT2D eigenvalue weighted by Crippen LogP contribution is -2.11. The van der Waals surface area contributed by atoms with Crippen molar-refractivity contribution in [2.75, 3.05) is 5.32 Å². The molecule has 0 aliphatic carbocycles. The molecule has 148 valence electrons. The van der Waals surface area contributed by atoms with Gasteiger partial charge >= 0.3 is 0 Å². The normalized spacial score (nSPS) is 11.5. The topological polar surface area (TPSA) is 68.0 Å². The fourth-order valence-corrected chi connectivity index (χ4v) is 4.26. The number of thiazole rings is 1. The van der Waals surface area contributed by atoms with Gasteiger partial charge < -0.3 is 9.73 Å². The largest absolute Gasteiger partial charge is 0.444 e. The summed E-state index contributed by atoms with van der Waals surface area (Å²) in [6.07, 6.45) is 5.79. The highest BCUT2D eigenvalue weighted by molar-refractivity contribution is 8.00. The van der Waals surface area contributed by atoms with Crippen LogP contribution in [0, 0.1) is 0 Å². The van der Waals surface area contributed by atoms with Crippen LogP contribution in [0.25, 0.3) is 0 Å². The van der Waals surface area contributed by atoms with Gasteiger partial charge in [0.15, 0.2) is 5.13 Å². The molecule has 28 heavy (non-hydrogen) atoms. The number of carbonyl (C=O) groups excluding carboxylic acids is 1. The number of anilines is 1. The summed E-state index contributed by atoms with van der Waals surface area (Å²) >= 11 is 3.08. The van der Waals surface area contributed by atoms with Crippen LogP contribution in [0.3, 0.4) is 0 Å². The first kappa shape index (κ1) is 20.6. The van der Waals surface area contributed by atoms with Crippen molar-refractivity contribution in [2.45, 2.75) is 55.4 Å². The van der Waals surface area contributed by atoms with E-state index in [9.17, 15) is 4.79 Å². The second-order valence-electron chi connectivity index (χ2n) is 7.53. The van der Waals surface area contributed by atoms with Gasteiger partial charge in [-0.3, -0.25) is 4.79 Å². The molecule has 5 nitrogen and oxygen atoms in total. The standard InChI is InChI=1S/C21H25N3O2S2/c1-21(2,3)16-12-22-18(26-16)14-27-19-13-23-20(28-19)24-17(25)11-7-10-15-8-5-4-6-9-15/h4-6,8-9,12-13H,7,10-11,14H2,1-3H3,(H,23,24,25). The van der Waals surface area contributed by atoms with Gasteiger partial charge in [-0.25, -0.2) is 9.97 Å². The number of oxazole rings is 1. The Morgan fingerprint density at radius 2 is 1.96 bits per heavy atom. The van der Waals surface area contributed by atoms with Crippen molar-refractivity contribution in [1.29, 1.82) is 0 Å². The van der Waals surface area contributed by atoms with Crippen molar-refractivity contribution in [1.82, 2.24) is 9.97 Å². The Balaban J connectivity index is 1.42. The van der Waals surface area contributed by atoms with E-state index in [1.54, 1.807) is 24.2 Å². The minimum absolute atomic E-state index is 0.00403. The van der Waals surface area contributed by atoms with Crippen molar-refractivity contribution in [3.05, 3.63) is 59.9 Å². The number of rotatable bonds is 8. The van der Waals surface area contributed by atoms with Crippen LogP contribution in [0.15, 0.2) is 51.4 Å². The molecule has 0 saturated carbocycles.